The van der Waals surface area contributed by atoms with Gasteiger partial charge >= 0.3 is 5.97 Å². The number of carbonyl (C=O) groups is 1. The zero-order valence-electron chi connectivity index (χ0n) is 13.4. The van der Waals surface area contributed by atoms with E-state index < -0.39 is 12.0 Å². The largest absolute Gasteiger partial charge is 0.623 e. The Labute approximate surface area is 139 Å². The Morgan fingerprint density at radius 3 is 2.62 bits per heavy atom. The molecular weight excluding hydrogens is 313 g/mol. The summed E-state index contributed by atoms with van der Waals surface area (Å²) in [7, 11) is 1.23. The number of methoxy groups -OCH3 is 1. The van der Waals surface area contributed by atoms with Crippen LogP contribution in [-0.2, 0) is 16.1 Å². The summed E-state index contributed by atoms with van der Waals surface area (Å²) >= 11 is 0. The van der Waals surface area contributed by atoms with Crippen molar-refractivity contribution in [3.8, 4) is 5.75 Å². The second kappa shape index (κ2) is 8.10. The van der Waals surface area contributed by atoms with Crippen molar-refractivity contribution in [1.82, 2.24) is 0 Å². The zero-order valence-corrected chi connectivity index (χ0v) is 13.4. The van der Waals surface area contributed by atoms with Crippen molar-refractivity contribution in [1.29, 1.82) is 0 Å². The zero-order chi connectivity index (χ0) is 17.5. The van der Waals surface area contributed by atoms with E-state index in [9.17, 15) is 14.4 Å². The number of esters is 1. The van der Waals surface area contributed by atoms with Gasteiger partial charge in [-0.15, -0.1) is 0 Å². The SMILES string of the molecule is COC(=O)[C@H](C)/[N+]([O-])=C/c1ccc(OCc2cccc(F)c2)cc1. The first-order valence-electron chi connectivity index (χ1n) is 7.35. The first kappa shape index (κ1) is 17.5. The molecule has 5 nitrogen and oxygen atoms in total. The fraction of sp³-hybridized carbons (Fsp3) is 0.222. The Balaban J connectivity index is 1.99. The van der Waals surface area contributed by atoms with Crippen molar-refractivity contribution in [2.45, 2.75) is 19.6 Å². The van der Waals surface area contributed by atoms with Crippen LogP contribution < -0.4 is 4.74 Å². The normalized spacial score (nSPS) is 12.5. The summed E-state index contributed by atoms with van der Waals surface area (Å²) in [6.07, 6.45) is 1.30. The fourth-order valence-corrected chi connectivity index (χ4v) is 1.98. The molecule has 2 aromatic carbocycles. The number of rotatable bonds is 6. The molecule has 0 aliphatic heterocycles. The Bertz CT molecular complexity index is 728. The lowest BCUT2D eigenvalue weighted by Gasteiger charge is -2.10. The molecular formula is C18H18FNO4. The van der Waals surface area contributed by atoms with Crippen LogP contribution in [0.25, 0.3) is 0 Å². The van der Waals surface area contributed by atoms with Gasteiger partial charge in [0.1, 0.15) is 18.2 Å². The van der Waals surface area contributed by atoms with E-state index in [1.807, 2.05) is 0 Å². The van der Waals surface area contributed by atoms with Crippen molar-refractivity contribution >= 4 is 12.2 Å². The molecule has 0 amide bonds. The second-order valence-electron chi connectivity index (χ2n) is 5.18. The summed E-state index contributed by atoms with van der Waals surface area (Å²) in [5.41, 5.74) is 1.35. The highest BCUT2D eigenvalue weighted by atomic mass is 19.1. The molecule has 1 atom stereocenters. The summed E-state index contributed by atoms with van der Waals surface area (Å²) in [6.45, 7) is 1.71. The van der Waals surface area contributed by atoms with E-state index in [1.54, 1.807) is 36.4 Å². The minimum Gasteiger partial charge on any atom is -0.623 e. The first-order chi connectivity index (χ1) is 11.5. The quantitative estimate of drug-likeness (QED) is 0.268. The minimum atomic E-state index is -0.918. The molecule has 2 rings (SSSR count). The van der Waals surface area contributed by atoms with E-state index >= 15 is 0 Å². The van der Waals surface area contributed by atoms with E-state index in [1.165, 1.54) is 32.4 Å². The molecule has 24 heavy (non-hydrogen) atoms. The van der Waals surface area contributed by atoms with Gasteiger partial charge in [-0.05, 0) is 42.0 Å². The molecule has 0 N–H and O–H groups in total. The van der Waals surface area contributed by atoms with E-state index in [0.29, 0.717) is 16.1 Å². The standard InChI is InChI=1S/C18H18FNO4/c1-13(18(21)23-2)20(22)11-14-6-8-17(9-7-14)24-12-15-4-3-5-16(19)10-15/h3-11,13H,12H2,1-2H3/b20-11-/t13-/m0/s1. The van der Waals surface area contributed by atoms with Crippen LogP contribution in [0.3, 0.4) is 0 Å². The Morgan fingerprint density at radius 1 is 1.29 bits per heavy atom. The Hall–Kier alpha value is -2.89. The number of hydrogen-bond acceptors (Lipinski definition) is 4. The number of halogens is 1. The van der Waals surface area contributed by atoms with E-state index in [2.05, 4.69) is 4.74 Å². The molecule has 0 aromatic heterocycles. The molecule has 0 aliphatic carbocycles. The predicted octanol–water partition coefficient (Wildman–Crippen LogP) is 2.90. The van der Waals surface area contributed by atoms with Crippen LogP contribution in [0, 0.1) is 11.0 Å². The van der Waals surface area contributed by atoms with Gasteiger partial charge in [0.25, 0.3) is 6.04 Å². The van der Waals surface area contributed by atoms with Crippen molar-refractivity contribution in [3.63, 3.8) is 0 Å². The van der Waals surface area contributed by atoms with Crippen molar-refractivity contribution in [2.75, 3.05) is 7.11 Å². The third kappa shape index (κ3) is 4.81. The maximum Gasteiger partial charge on any atom is 0.376 e. The highest BCUT2D eigenvalue weighted by molar-refractivity contribution is 5.79. The summed E-state index contributed by atoms with van der Waals surface area (Å²) in [5, 5.41) is 11.8. The number of carbonyl (C=O) groups excluding carboxylic acids is 1. The summed E-state index contributed by atoms with van der Waals surface area (Å²) < 4.78 is 23.7. The van der Waals surface area contributed by atoms with Crippen LogP contribution in [0.1, 0.15) is 18.1 Å². The van der Waals surface area contributed by atoms with Crippen LogP contribution >= 0.6 is 0 Å². The highest BCUT2D eigenvalue weighted by Gasteiger charge is 2.20. The third-order valence-corrected chi connectivity index (χ3v) is 3.37. The first-order valence-corrected chi connectivity index (χ1v) is 7.35. The molecule has 6 heteroatoms. The lowest BCUT2D eigenvalue weighted by molar-refractivity contribution is -0.479. The minimum absolute atomic E-state index is 0.244. The molecule has 126 valence electrons. The lowest BCUT2D eigenvalue weighted by Crippen LogP contribution is -2.29. The molecule has 0 spiro atoms. The van der Waals surface area contributed by atoms with E-state index in [4.69, 9.17) is 4.74 Å². The van der Waals surface area contributed by atoms with Crippen LogP contribution in [-0.4, -0.2) is 30.1 Å². The summed E-state index contributed by atoms with van der Waals surface area (Å²) in [6, 6.07) is 12.0. The Morgan fingerprint density at radius 2 is 2.00 bits per heavy atom. The molecule has 0 saturated heterocycles. The maximum absolute atomic E-state index is 13.1. The summed E-state index contributed by atoms with van der Waals surface area (Å²) in [4.78, 5) is 11.3. The molecule has 0 heterocycles. The van der Waals surface area contributed by atoms with Gasteiger partial charge in [0, 0.05) is 12.5 Å². The van der Waals surface area contributed by atoms with Crippen molar-refractivity contribution in [2.24, 2.45) is 0 Å². The van der Waals surface area contributed by atoms with Gasteiger partial charge in [0.15, 0.2) is 6.21 Å². The average Bonchev–Trinajstić information content (AvgIpc) is 2.59. The van der Waals surface area contributed by atoms with Crippen molar-refractivity contribution in [3.05, 3.63) is 70.7 Å². The van der Waals surface area contributed by atoms with Gasteiger partial charge in [0.05, 0.1) is 7.11 Å². The molecule has 2 aromatic rings. The molecule has 0 aliphatic rings. The maximum atomic E-state index is 13.1. The highest BCUT2D eigenvalue weighted by Crippen LogP contribution is 2.14. The molecule has 0 saturated carbocycles. The number of hydroxylamine groups is 1. The van der Waals surface area contributed by atoms with Crippen LogP contribution in [0.5, 0.6) is 5.75 Å². The monoisotopic (exact) mass is 331 g/mol. The van der Waals surface area contributed by atoms with Crippen LogP contribution in [0.4, 0.5) is 4.39 Å². The Kier molecular flexibility index (Phi) is 5.89. The van der Waals surface area contributed by atoms with Crippen LogP contribution in [0.15, 0.2) is 48.5 Å². The van der Waals surface area contributed by atoms with Gasteiger partial charge in [-0.25, -0.2) is 9.18 Å². The lowest BCUT2D eigenvalue weighted by atomic mass is 10.2. The molecule has 0 fully saturated rings. The van der Waals surface area contributed by atoms with E-state index in [0.717, 1.165) is 5.56 Å². The number of benzene rings is 2. The number of nitrogens with zero attached hydrogens (tertiary/aromatic N) is 1. The third-order valence-electron chi connectivity index (χ3n) is 3.37. The average molecular weight is 331 g/mol. The van der Waals surface area contributed by atoms with Gasteiger partial charge in [-0.3, -0.25) is 0 Å². The summed E-state index contributed by atoms with van der Waals surface area (Å²) in [5.74, 6) is -0.317. The molecule has 0 bridgehead atoms. The second-order valence-corrected chi connectivity index (χ2v) is 5.18. The van der Waals surface area contributed by atoms with Crippen LogP contribution in [0.2, 0.25) is 0 Å². The van der Waals surface area contributed by atoms with E-state index in [-0.39, 0.29) is 12.4 Å². The fourth-order valence-electron chi connectivity index (χ4n) is 1.98. The number of hydrogen-bond donors (Lipinski definition) is 0. The van der Waals surface area contributed by atoms with Gasteiger partial charge in [-0.2, -0.15) is 4.74 Å². The number of ether oxygens (including phenoxy) is 2. The van der Waals surface area contributed by atoms with Gasteiger partial charge < -0.3 is 14.7 Å². The van der Waals surface area contributed by atoms with Crippen molar-refractivity contribution < 1.29 is 23.4 Å². The smallest absolute Gasteiger partial charge is 0.376 e. The van der Waals surface area contributed by atoms with Gasteiger partial charge in [0.2, 0.25) is 0 Å². The molecule has 0 radical (unpaired) electrons. The van der Waals surface area contributed by atoms with Gasteiger partial charge in [-0.1, -0.05) is 12.1 Å². The molecule has 0 unspecified atom stereocenters. The topological polar surface area (TPSA) is 61.6 Å². The predicted molar refractivity (Wildman–Crippen MR) is 87.4 cm³/mol.